The maximum absolute atomic E-state index is 11.5. The third kappa shape index (κ3) is 2.85. The highest BCUT2D eigenvalue weighted by molar-refractivity contribution is 5.94. The fourth-order valence-corrected chi connectivity index (χ4v) is 1.02. The Morgan fingerprint density at radius 2 is 2.44 bits per heavy atom. The Bertz CT molecular complexity index is 444. The van der Waals surface area contributed by atoms with Gasteiger partial charge < -0.3 is 14.9 Å². The number of nitrogens with one attached hydrogen (secondary N) is 1. The van der Waals surface area contributed by atoms with E-state index in [2.05, 4.69) is 20.9 Å². The summed E-state index contributed by atoms with van der Waals surface area (Å²) in [4.78, 5) is 22.2. The summed E-state index contributed by atoms with van der Waals surface area (Å²) in [6, 6.07) is 0.285. The summed E-state index contributed by atoms with van der Waals surface area (Å²) in [5, 5.41) is 14.5. The van der Waals surface area contributed by atoms with Gasteiger partial charge in [0, 0.05) is 12.5 Å². The second-order valence-corrected chi connectivity index (χ2v) is 3.11. The van der Waals surface area contributed by atoms with Crippen molar-refractivity contribution >= 4 is 11.9 Å². The molecule has 1 heterocycles. The Morgan fingerprint density at radius 3 is 2.88 bits per heavy atom. The molecule has 0 spiro atoms. The van der Waals surface area contributed by atoms with Gasteiger partial charge in [-0.3, -0.25) is 4.79 Å². The summed E-state index contributed by atoms with van der Waals surface area (Å²) in [6.45, 7) is 1.65. The molecular formula is C10H10N2O4. The first-order valence-corrected chi connectivity index (χ1v) is 4.45. The highest BCUT2D eigenvalue weighted by atomic mass is 16.5. The van der Waals surface area contributed by atoms with Gasteiger partial charge in [0.2, 0.25) is 5.76 Å². The Hall–Kier alpha value is -2.29. The van der Waals surface area contributed by atoms with E-state index in [1.807, 2.05) is 0 Å². The van der Waals surface area contributed by atoms with Gasteiger partial charge in [0.05, 0.1) is 5.69 Å². The van der Waals surface area contributed by atoms with E-state index in [0.717, 1.165) is 0 Å². The first-order valence-electron chi connectivity index (χ1n) is 4.45. The third-order valence-electron chi connectivity index (χ3n) is 1.78. The molecular weight excluding hydrogens is 212 g/mol. The number of carbonyl (C=O) groups is 2. The molecule has 0 aromatic carbocycles. The van der Waals surface area contributed by atoms with Crippen LogP contribution < -0.4 is 5.32 Å². The molecule has 1 aromatic rings. The van der Waals surface area contributed by atoms with Crippen LogP contribution in [0.25, 0.3) is 0 Å². The van der Waals surface area contributed by atoms with E-state index < -0.39 is 17.9 Å². The third-order valence-corrected chi connectivity index (χ3v) is 1.78. The standard InChI is InChI=1S/C10H10N2O4/c1-3-4-7(10(14)15)11-9(13)8-5-6(2)12-16-8/h1,5,7H,4H2,2H3,(H,11,13)(H,14,15). The van der Waals surface area contributed by atoms with Crippen molar-refractivity contribution in [3.8, 4) is 12.3 Å². The van der Waals surface area contributed by atoms with Crippen molar-refractivity contribution < 1.29 is 19.2 Å². The predicted molar refractivity (Wildman–Crippen MR) is 53.6 cm³/mol. The zero-order chi connectivity index (χ0) is 12.1. The molecule has 2 N–H and O–H groups in total. The molecule has 1 amide bonds. The molecule has 0 aliphatic carbocycles. The molecule has 1 rings (SSSR count). The number of aliphatic carboxylic acids is 1. The second-order valence-electron chi connectivity index (χ2n) is 3.11. The molecule has 84 valence electrons. The summed E-state index contributed by atoms with van der Waals surface area (Å²) in [6.07, 6.45) is 4.90. The van der Waals surface area contributed by atoms with Gasteiger partial charge >= 0.3 is 5.97 Å². The van der Waals surface area contributed by atoms with E-state index in [4.69, 9.17) is 11.5 Å². The molecule has 16 heavy (non-hydrogen) atoms. The number of aryl methyl sites for hydroxylation is 1. The minimum absolute atomic E-state index is 0.0410. The van der Waals surface area contributed by atoms with Crippen LogP contribution >= 0.6 is 0 Å². The summed E-state index contributed by atoms with van der Waals surface area (Å²) >= 11 is 0. The summed E-state index contributed by atoms with van der Waals surface area (Å²) in [5.41, 5.74) is 0.536. The van der Waals surface area contributed by atoms with E-state index >= 15 is 0 Å². The molecule has 0 aliphatic heterocycles. The number of carboxylic acids is 1. The van der Waals surface area contributed by atoms with Crippen LogP contribution in [0, 0.1) is 19.3 Å². The van der Waals surface area contributed by atoms with Crippen molar-refractivity contribution in [2.24, 2.45) is 0 Å². The topological polar surface area (TPSA) is 92.4 Å². The molecule has 0 saturated heterocycles. The molecule has 6 heteroatoms. The van der Waals surface area contributed by atoms with Crippen LogP contribution in [0.4, 0.5) is 0 Å². The van der Waals surface area contributed by atoms with Gasteiger partial charge in [-0.1, -0.05) is 5.16 Å². The largest absolute Gasteiger partial charge is 0.480 e. The van der Waals surface area contributed by atoms with Crippen molar-refractivity contribution in [3.63, 3.8) is 0 Å². The molecule has 1 unspecified atom stereocenters. The molecule has 0 aliphatic rings. The zero-order valence-corrected chi connectivity index (χ0v) is 8.56. The average molecular weight is 222 g/mol. The lowest BCUT2D eigenvalue weighted by molar-refractivity contribution is -0.139. The quantitative estimate of drug-likeness (QED) is 0.709. The van der Waals surface area contributed by atoms with Gasteiger partial charge in [0.15, 0.2) is 0 Å². The molecule has 0 saturated carbocycles. The van der Waals surface area contributed by atoms with Crippen molar-refractivity contribution in [1.82, 2.24) is 10.5 Å². The average Bonchev–Trinajstić information content (AvgIpc) is 2.64. The molecule has 1 aromatic heterocycles. The number of aromatic nitrogens is 1. The second kappa shape index (κ2) is 4.98. The normalized spacial score (nSPS) is 11.5. The lowest BCUT2D eigenvalue weighted by Crippen LogP contribution is -2.40. The van der Waals surface area contributed by atoms with Crippen LogP contribution in [0.15, 0.2) is 10.6 Å². The van der Waals surface area contributed by atoms with E-state index in [9.17, 15) is 9.59 Å². The summed E-state index contributed by atoms with van der Waals surface area (Å²) in [7, 11) is 0. The number of carbonyl (C=O) groups excluding carboxylic acids is 1. The van der Waals surface area contributed by atoms with E-state index in [1.54, 1.807) is 6.92 Å². The fourth-order valence-electron chi connectivity index (χ4n) is 1.02. The molecule has 0 fully saturated rings. The van der Waals surface area contributed by atoms with Gasteiger partial charge in [-0.25, -0.2) is 4.79 Å². The summed E-state index contributed by atoms with van der Waals surface area (Å²) in [5.74, 6) is 0.287. The number of nitrogens with zero attached hydrogens (tertiary/aromatic N) is 1. The number of carboxylic acid groups (broad SMARTS) is 1. The Morgan fingerprint density at radius 1 is 1.75 bits per heavy atom. The number of rotatable bonds is 4. The number of hydrogen-bond donors (Lipinski definition) is 2. The minimum Gasteiger partial charge on any atom is -0.480 e. The maximum Gasteiger partial charge on any atom is 0.327 e. The Kier molecular flexibility index (Phi) is 3.67. The smallest absolute Gasteiger partial charge is 0.327 e. The molecule has 0 radical (unpaired) electrons. The zero-order valence-electron chi connectivity index (χ0n) is 8.56. The minimum atomic E-state index is -1.19. The molecule has 6 nitrogen and oxygen atoms in total. The lowest BCUT2D eigenvalue weighted by Gasteiger charge is -2.09. The number of hydrogen-bond acceptors (Lipinski definition) is 4. The Labute approximate surface area is 91.6 Å². The van der Waals surface area contributed by atoms with Crippen LogP contribution in [0.3, 0.4) is 0 Å². The van der Waals surface area contributed by atoms with Crippen molar-refractivity contribution in [3.05, 3.63) is 17.5 Å². The van der Waals surface area contributed by atoms with Crippen LogP contribution in [0.5, 0.6) is 0 Å². The monoisotopic (exact) mass is 222 g/mol. The number of terminal acetylenes is 1. The van der Waals surface area contributed by atoms with Gasteiger partial charge in [-0.15, -0.1) is 12.3 Å². The van der Waals surface area contributed by atoms with Gasteiger partial charge in [0.1, 0.15) is 6.04 Å². The summed E-state index contributed by atoms with van der Waals surface area (Å²) < 4.78 is 4.68. The van der Waals surface area contributed by atoms with Crippen molar-refractivity contribution in [1.29, 1.82) is 0 Å². The van der Waals surface area contributed by atoms with Gasteiger partial charge in [0.25, 0.3) is 5.91 Å². The van der Waals surface area contributed by atoms with Crippen LogP contribution in [0.2, 0.25) is 0 Å². The van der Waals surface area contributed by atoms with Gasteiger partial charge in [-0.2, -0.15) is 0 Å². The van der Waals surface area contributed by atoms with Crippen molar-refractivity contribution in [2.75, 3.05) is 0 Å². The Balaban J connectivity index is 2.69. The maximum atomic E-state index is 11.5. The predicted octanol–water partition coefficient (Wildman–Crippen LogP) is 0.189. The molecule has 1 atom stereocenters. The van der Waals surface area contributed by atoms with Crippen LogP contribution in [-0.2, 0) is 4.79 Å². The van der Waals surface area contributed by atoms with Gasteiger partial charge in [-0.05, 0) is 6.92 Å². The lowest BCUT2D eigenvalue weighted by atomic mass is 10.2. The van der Waals surface area contributed by atoms with Crippen LogP contribution in [-0.4, -0.2) is 28.2 Å². The fraction of sp³-hybridized carbons (Fsp3) is 0.300. The highest BCUT2D eigenvalue weighted by Crippen LogP contribution is 2.03. The number of amides is 1. The molecule has 0 bridgehead atoms. The van der Waals surface area contributed by atoms with E-state index in [0.29, 0.717) is 5.69 Å². The van der Waals surface area contributed by atoms with Crippen molar-refractivity contribution in [2.45, 2.75) is 19.4 Å². The first-order chi connectivity index (χ1) is 7.54. The van der Waals surface area contributed by atoms with E-state index in [1.165, 1.54) is 6.07 Å². The highest BCUT2D eigenvalue weighted by Gasteiger charge is 2.21. The first kappa shape index (κ1) is 11.8. The van der Waals surface area contributed by atoms with E-state index in [-0.39, 0.29) is 12.2 Å². The van der Waals surface area contributed by atoms with Crippen LogP contribution in [0.1, 0.15) is 22.7 Å². The SMILES string of the molecule is C#CCC(NC(=O)c1cc(C)no1)C(=O)O.